The zero-order chi connectivity index (χ0) is 9.38. The van der Waals surface area contributed by atoms with Gasteiger partial charge in [0.25, 0.3) is 0 Å². The molecule has 1 aromatic heterocycles. The molecule has 1 heterocycles. The molecule has 2 nitrogen and oxygen atoms in total. The number of nitrogens with zero attached hydrogens (tertiary/aromatic N) is 1. The second-order valence-corrected chi connectivity index (χ2v) is 3.81. The number of fused-ring (bicyclic) bond motifs is 1. The zero-order valence-corrected chi connectivity index (χ0v) is 7.90. The molecule has 0 unspecified atom stereocenters. The van der Waals surface area contributed by atoms with Crippen molar-refractivity contribution >= 4 is 0 Å². The van der Waals surface area contributed by atoms with Crippen LogP contribution in [0.3, 0.4) is 0 Å². The topological polar surface area (TPSA) is 28.7 Å². The highest BCUT2D eigenvalue weighted by Gasteiger charge is 2.24. The lowest BCUT2D eigenvalue weighted by Crippen LogP contribution is -1.94. The summed E-state index contributed by atoms with van der Waals surface area (Å²) in [6.07, 6.45) is 4.32. The second-order valence-electron chi connectivity index (χ2n) is 3.81. The first-order valence-corrected chi connectivity index (χ1v) is 5.02. The number of aromatic nitrogens is 2. The van der Waals surface area contributed by atoms with Gasteiger partial charge in [-0.3, -0.25) is 5.10 Å². The van der Waals surface area contributed by atoms with E-state index in [4.69, 9.17) is 0 Å². The van der Waals surface area contributed by atoms with Gasteiger partial charge in [-0.25, -0.2) is 0 Å². The van der Waals surface area contributed by atoms with Gasteiger partial charge in [-0.1, -0.05) is 30.3 Å². The van der Waals surface area contributed by atoms with E-state index >= 15 is 0 Å². The van der Waals surface area contributed by atoms with Gasteiger partial charge in [0.1, 0.15) is 0 Å². The molecule has 0 radical (unpaired) electrons. The summed E-state index contributed by atoms with van der Waals surface area (Å²) in [5, 5.41) is 7.16. The monoisotopic (exact) mass is 184 g/mol. The van der Waals surface area contributed by atoms with Crippen molar-refractivity contribution in [2.75, 3.05) is 0 Å². The number of H-pyrrole nitrogens is 1. The first-order chi connectivity index (χ1) is 6.95. The van der Waals surface area contributed by atoms with E-state index in [1.165, 1.54) is 23.2 Å². The average Bonchev–Trinajstić information content (AvgIpc) is 2.79. The number of aromatic amines is 1. The lowest BCUT2D eigenvalue weighted by Gasteiger charge is -2.08. The molecule has 1 aliphatic rings. The highest BCUT2D eigenvalue weighted by atomic mass is 15.1. The fraction of sp³-hybridized carbons (Fsp3) is 0.250. The standard InChI is InChI=1S/C12H12N2/c1-2-4-9(5-3-1)10-6-7-12-11(10)8-13-14-12/h1-5,8,10H,6-7H2,(H,13,14)/t10-/m1/s1. The predicted molar refractivity (Wildman–Crippen MR) is 55.2 cm³/mol. The minimum atomic E-state index is 0.560. The van der Waals surface area contributed by atoms with E-state index in [0.29, 0.717) is 5.92 Å². The van der Waals surface area contributed by atoms with Crippen LogP contribution in [0.5, 0.6) is 0 Å². The molecule has 70 valence electrons. The average molecular weight is 184 g/mol. The van der Waals surface area contributed by atoms with E-state index in [9.17, 15) is 0 Å². The summed E-state index contributed by atoms with van der Waals surface area (Å²) in [5.41, 5.74) is 4.11. The van der Waals surface area contributed by atoms with Crippen molar-refractivity contribution in [3.05, 3.63) is 53.3 Å². The van der Waals surface area contributed by atoms with Gasteiger partial charge in [0.2, 0.25) is 0 Å². The molecule has 0 saturated heterocycles. The van der Waals surface area contributed by atoms with Gasteiger partial charge in [0.05, 0.1) is 6.20 Å². The Labute approximate surface area is 83.0 Å². The Morgan fingerprint density at radius 2 is 2.07 bits per heavy atom. The molecule has 1 aliphatic carbocycles. The van der Waals surface area contributed by atoms with Crippen LogP contribution in [0.15, 0.2) is 36.5 Å². The van der Waals surface area contributed by atoms with Crippen LogP contribution in [0, 0.1) is 0 Å². The summed E-state index contributed by atoms with van der Waals surface area (Å²) >= 11 is 0. The SMILES string of the molecule is c1ccc([C@H]2CCc3[nH]ncc32)cc1. The molecule has 2 heteroatoms. The highest BCUT2D eigenvalue weighted by Crippen LogP contribution is 2.36. The molecule has 2 aromatic rings. The quantitative estimate of drug-likeness (QED) is 0.724. The van der Waals surface area contributed by atoms with Crippen LogP contribution in [-0.4, -0.2) is 10.2 Å². The first-order valence-electron chi connectivity index (χ1n) is 5.02. The molecule has 1 aromatic carbocycles. The Bertz CT molecular complexity index is 431. The van der Waals surface area contributed by atoms with Crippen molar-refractivity contribution in [3.8, 4) is 0 Å². The van der Waals surface area contributed by atoms with Gasteiger partial charge in [-0.2, -0.15) is 5.10 Å². The van der Waals surface area contributed by atoms with Crippen molar-refractivity contribution in [1.82, 2.24) is 10.2 Å². The molecule has 1 atom stereocenters. The highest BCUT2D eigenvalue weighted by molar-refractivity contribution is 5.37. The molecule has 14 heavy (non-hydrogen) atoms. The molecule has 0 bridgehead atoms. The van der Waals surface area contributed by atoms with Crippen LogP contribution in [0.4, 0.5) is 0 Å². The zero-order valence-electron chi connectivity index (χ0n) is 7.90. The van der Waals surface area contributed by atoms with Gasteiger partial charge in [-0.05, 0) is 18.4 Å². The molecular weight excluding hydrogens is 172 g/mol. The molecular formula is C12H12N2. The lowest BCUT2D eigenvalue weighted by atomic mass is 9.95. The maximum Gasteiger partial charge on any atom is 0.0528 e. The van der Waals surface area contributed by atoms with Gasteiger partial charge in [0.15, 0.2) is 0 Å². The van der Waals surface area contributed by atoms with Crippen LogP contribution in [0.25, 0.3) is 0 Å². The number of nitrogens with one attached hydrogen (secondary N) is 1. The third kappa shape index (κ3) is 1.07. The van der Waals surface area contributed by atoms with Crippen molar-refractivity contribution in [2.24, 2.45) is 0 Å². The number of rotatable bonds is 1. The van der Waals surface area contributed by atoms with E-state index in [0.717, 1.165) is 6.42 Å². The molecule has 3 rings (SSSR count). The minimum Gasteiger partial charge on any atom is -0.282 e. The number of benzene rings is 1. The second kappa shape index (κ2) is 2.98. The van der Waals surface area contributed by atoms with E-state index < -0.39 is 0 Å². The summed E-state index contributed by atoms with van der Waals surface area (Å²) in [4.78, 5) is 0. The van der Waals surface area contributed by atoms with Gasteiger partial charge in [-0.15, -0.1) is 0 Å². The molecule has 1 N–H and O–H groups in total. The number of aryl methyl sites for hydroxylation is 1. The van der Waals surface area contributed by atoms with Crippen molar-refractivity contribution in [1.29, 1.82) is 0 Å². The molecule has 0 spiro atoms. The van der Waals surface area contributed by atoms with E-state index in [1.807, 2.05) is 6.20 Å². The lowest BCUT2D eigenvalue weighted by molar-refractivity contribution is 0.770. The third-order valence-corrected chi connectivity index (χ3v) is 3.01. The van der Waals surface area contributed by atoms with Crippen LogP contribution in [0.1, 0.15) is 29.2 Å². The van der Waals surface area contributed by atoms with Crippen molar-refractivity contribution in [2.45, 2.75) is 18.8 Å². The Balaban J connectivity index is 2.03. The molecule has 0 saturated carbocycles. The fourth-order valence-electron chi connectivity index (χ4n) is 2.30. The van der Waals surface area contributed by atoms with Crippen LogP contribution < -0.4 is 0 Å². The van der Waals surface area contributed by atoms with Crippen LogP contribution in [0.2, 0.25) is 0 Å². The third-order valence-electron chi connectivity index (χ3n) is 3.01. The van der Waals surface area contributed by atoms with Gasteiger partial charge >= 0.3 is 0 Å². The van der Waals surface area contributed by atoms with E-state index in [1.54, 1.807) is 0 Å². The summed E-state index contributed by atoms with van der Waals surface area (Å²) in [6.45, 7) is 0. The summed E-state index contributed by atoms with van der Waals surface area (Å²) in [7, 11) is 0. The Kier molecular flexibility index (Phi) is 1.66. The van der Waals surface area contributed by atoms with Crippen molar-refractivity contribution < 1.29 is 0 Å². The summed E-state index contributed by atoms with van der Waals surface area (Å²) in [5.74, 6) is 0.560. The smallest absolute Gasteiger partial charge is 0.0528 e. The minimum absolute atomic E-state index is 0.560. The first kappa shape index (κ1) is 7.80. The maximum absolute atomic E-state index is 4.09. The van der Waals surface area contributed by atoms with E-state index in [-0.39, 0.29) is 0 Å². The fourth-order valence-corrected chi connectivity index (χ4v) is 2.30. The number of hydrogen-bond donors (Lipinski definition) is 1. The Morgan fingerprint density at radius 1 is 1.21 bits per heavy atom. The van der Waals surface area contributed by atoms with Gasteiger partial charge < -0.3 is 0 Å². The van der Waals surface area contributed by atoms with Crippen LogP contribution in [-0.2, 0) is 6.42 Å². The Hall–Kier alpha value is -1.57. The predicted octanol–water partition coefficient (Wildman–Crippen LogP) is 2.49. The van der Waals surface area contributed by atoms with E-state index in [2.05, 4.69) is 40.5 Å². The normalized spacial score (nSPS) is 19.6. The summed E-state index contributed by atoms with van der Waals surface area (Å²) in [6, 6.07) is 10.7. The van der Waals surface area contributed by atoms with Gasteiger partial charge in [0, 0.05) is 17.2 Å². The van der Waals surface area contributed by atoms with Crippen LogP contribution >= 0.6 is 0 Å². The largest absolute Gasteiger partial charge is 0.282 e. The van der Waals surface area contributed by atoms with Crippen molar-refractivity contribution in [3.63, 3.8) is 0 Å². The molecule has 0 aliphatic heterocycles. The molecule has 0 fully saturated rings. The Morgan fingerprint density at radius 3 is 2.93 bits per heavy atom. The summed E-state index contributed by atoms with van der Waals surface area (Å²) < 4.78 is 0. The number of hydrogen-bond acceptors (Lipinski definition) is 1. The maximum atomic E-state index is 4.09. The molecule has 0 amide bonds.